The summed E-state index contributed by atoms with van der Waals surface area (Å²) in [7, 11) is 3.29. The molecule has 0 atom stereocenters. The third-order valence-corrected chi connectivity index (χ3v) is 1.36. The molecular weight excluding hydrogens is 152 g/mol. The van der Waals surface area contributed by atoms with Crippen LogP contribution in [0.25, 0.3) is 0 Å². The highest BCUT2D eigenvalue weighted by Gasteiger charge is 1.89. The molecule has 0 N–H and O–H groups in total. The first kappa shape index (κ1) is 9.95. The molecule has 0 aromatic heterocycles. The maximum atomic E-state index is 5.74. The largest absolute Gasteiger partial charge is 0.384 e. The van der Waals surface area contributed by atoms with Gasteiger partial charge in [-0.2, -0.15) is 0 Å². The van der Waals surface area contributed by atoms with Crippen molar-refractivity contribution in [3.05, 3.63) is 11.1 Å². The maximum Gasteiger partial charge on any atom is 0.0657 e. The summed E-state index contributed by atoms with van der Waals surface area (Å²) < 4.78 is 9.62. The Hall–Kier alpha value is -0.0500. The van der Waals surface area contributed by atoms with E-state index in [9.17, 15) is 0 Å². The normalized spacial score (nSPS) is 12.1. The van der Waals surface area contributed by atoms with Crippen molar-refractivity contribution in [2.24, 2.45) is 0 Å². The lowest BCUT2D eigenvalue weighted by Crippen LogP contribution is -1.89. The highest BCUT2D eigenvalue weighted by molar-refractivity contribution is 6.29. The van der Waals surface area contributed by atoms with Crippen molar-refractivity contribution in [1.82, 2.24) is 0 Å². The fourth-order valence-corrected chi connectivity index (χ4v) is 0.616. The van der Waals surface area contributed by atoms with Crippen molar-refractivity contribution in [2.45, 2.75) is 6.42 Å². The van der Waals surface area contributed by atoms with Crippen molar-refractivity contribution in [1.29, 1.82) is 0 Å². The number of ether oxygens (including phenoxy) is 2. The van der Waals surface area contributed by atoms with Crippen LogP contribution in [-0.2, 0) is 9.47 Å². The van der Waals surface area contributed by atoms with E-state index in [2.05, 4.69) is 0 Å². The zero-order valence-corrected chi connectivity index (χ0v) is 7.15. The number of rotatable bonds is 5. The van der Waals surface area contributed by atoms with Crippen LogP contribution in [-0.4, -0.2) is 27.4 Å². The summed E-state index contributed by atoms with van der Waals surface area (Å²) in [5.41, 5.74) is 0. The summed E-state index contributed by atoms with van der Waals surface area (Å²) in [5, 5.41) is 0.795. The van der Waals surface area contributed by atoms with Crippen LogP contribution in [0, 0.1) is 0 Å². The molecule has 0 fully saturated rings. The molecule has 0 aliphatic rings. The minimum Gasteiger partial charge on any atom is -0.384 e. The molecular formula is C7H13ClO2. The number of halogens is 1. The lowest BCUT2D eigenvalue weighted by atomic mass is 10.4. The molecule has 10 heavy (non-hydrogen) atoms. The summed E-state index contributed by atoms with van der Waals surface area (Å²) >= 11 is 5.74. The van der Waals surface area contributed by atoms with Crippen LogP contribution >= 0.6 is 11.6 Å². The first-order valence-corrected chi connectivity index (χ1v) is 3.51. The van der Waals surface area contributed by atoms with Gasteiger partial charge in [-0.05, 0) is 6.08 Å². The van der Waals surface area contributed by atoms with E-state index in [1.54, 1.807) is 14.2 Å². The second kappa shape index (κ2) is 7.06. The van der Waals surface area contributed by atoms with Crippen LogP contribution in [0.5, 0.6) is 0 Å². The monoisotopic (exact) mass is 164 g/mol. The van der Waals surface area contributed by atoms with Crippen LogP contribution in [0.15, 0.2) is 11.1 Å². The van der Waals surface area contributed by atoms with E-state index in [0.29, 0.717) is 13.2 Å². The lowest BCUT2D eigenvalue weighted by Gasteiger charge is -1.96. The molecule has 0 aromatic carbocycles. The van der Waals surface area contributed by atoms with Crippen LogP contribution < -0.4 is 0 Å². The number of methoxy groups -OCH3 is 2. The highest BCUT2D eigenvalue weighted by atomic mass is 35.5. The summed E-state index contributed by atoms with van der Waals surface area (Å²) in [6.45, 7) is 1.24. The third-order valence-electron chi connectivity index (χ3n) is 1.02. The Kier molecular flexibility index (Phi) is 7.03. The van der Waals surface area contributed by atoms with Gasteiger partial charge in [-0.1, -0.05) is 11.6 Å². The van der Waals surface area contributed by atoms with Crippen molar-refractivity contribution in [3.63, 3.8) is 0 Å². The van der Waals surface area contributed by atoms with E-state index in [0.717, 1.165) is 11.5 Å². The molecule has 0 amide bonds. The van der Waals surface area contributed by atoms with E-state index >= 15 is 0 Å². The fourth-order valence-electron chi connectivity index (χ4n) is 0.475. The van der Waals surface area contributed by atoms with E-state index < -0.39 is 0 Å². The minimum absolute atomic E-state index is 0.572. The molecule has 2 nitrogen and oxygen atoms in total. The van der Waals surface area contributed by atoms with Gasteiger partial charge >= 0.3 is 0 Å². The smallest absolute Gasteiger partial charge is 0.0657 e. The third kappa shape index (κ3) is 6.08. The molecule has 0 aliphatic heterocycles. The topological polar surface area (TPSA) is 18.5 Å². The van der Waals surface area contributed by atoms with Gasteiger partial charge in [0, 0.05) is 25.7 Å². The van der Waals surface area contributed by atoms with Gasteiger partial charge in [0.1, 0.15) is 0 Å². The summed E-state index contributed by atoms with van der Waals surface area (Å²) in [4.78, 5) is 0. The summed E-state index contributed by atoms with van der Waals surface area (Å²) in [6.07, 6.45) is 2.60. The van der Waals surface area contributed by atoms with Crippen LogP contribution in [0.2, 0.25) is 0 Å². The molecule has 0 bridgehead atoms. The second-order valence-electron chi connectivity index (χ2n) is 1.85. The SMILES string of the molecule is COCC=C(Cl)CCOC. The van der Waals surface area contributed by atoms with E-state index in [-0.39, 0.29) is 0 Å². The summed E-state index contributed by atoms with van der Waals surface area (Å²) in [5.74, 6) is 0. The Balaban J connectivity index is 3.30. The van der Waals surface area contributed by atoms with Crippen LogP contribution in [0.1, 0.15) is 6.42 Å². The Morgan fingerprint density at radius 3 is 2.60 bits per heavy atom. The van der Waals surface area contributed by atoms with Gasteiger partial charge in [0.15, 0.2) is 0 Å². The lowest BCUT2D eigenvalue weighted by molar-refractivity contribution is 0.202. The molecule has 0 heterocycles. The van der Waals surface area contributed by atoms with Crippen molar-refractivity contribution >= 4 is 11.6 Å². The van der Waals surface area contributed by atoms with Gasteiger partial charge in [0.2, 0.25) is 0 Å². The minimum atomic E-state index is 0.572. The van der Waals surface area contributed by atoms with Gasteiger partial charge in [-0.15, -0.1) is 0 Å². The molecule has 0 aromatic rings. The molecule has 0 aliphatic carbocycles. The quantitative estimate of drug-likeness (QED) is 0.617. The highest BCUT2D eigenvalue weighted by Crippen LogP contribution is 2.05. The zero-order chi connectivity index (χ0) is 7.82. The maximum absolute atomic E-state index is 5.74. The zero-order valence-electron chi connectivity index (χ0n) is 6.39. The van der Waals surface area contributed by atoms with Crippen molar-refractivity contribution < 1.29 is 9.47 Å². The van der Waals surface area contributed by atoms with Gasteiger partial charge < -0.3 is 9.47 Å². The average molecular weight is 165 g/mol. The fraction of sp³-hybridized carbons (Fsp3) is 0.714. The van der Waals surface area contributed by atoms with Crippen molar-refractivity contribution in [3.8, 4) is 0 Å². The van der Waals surface area contributed by atoms with Gasteiger partial charge in [0.05, 0.1) is 13.2 Å². The number of hydrogen-bond donors (Lipinski definition) is 0. The van der Waals surface area contributed by atoms with Gasteiger partial charge in [-0.3, -0.25) is 0 Å². The average Bonchev–Trinajstić information content (AvgIpc) is 1.97. The molecule has 0 unspecified atom stereocenters. The Morgan fingerprint density at radius 2 is 2.10 bits per heavy atom. The van der Waals surface area contributed by atoms with E-state index in [1.165, 1.54) is 0 Å². The molecule has 0 spiro atoms. The Labute approximate surface area is 66.8 Å². The molecule has 0 saturated carbocycles. The molecule has 60 valence electrons. The first-order chi connectivity index (χ1) is 4.81. The molecule has 0 radical (unpaired) electrons. The van der Waals surface area contributed by atoms with Gasteiger partial charge in [-0.25, -0.2) is 0 Å². The summed E-state index contributed by atoms with van der Waals surface area (Å²) in [6, 6.07) is 0. The Morgan fingerprint density at radius 1 is 1.40 bits per heavy atom. The first-order valence-electron chi connectivity index (χ1n) is 3.13. The predicted molar refractivity (Wildman–Crippen MR) is 42.3 cm³/mol. The molecule has 0 saturated heterocycles. The second-order valence-corrected chi connectivity index (χ2v) is 2.33. The van der Waals surface area contributed by atoms with Crippen LogP contribution in [0.4, 0.5) is 0 Å². The van der Waals surface area contributed by atoms with Crippen LogP contribution in [0.3, 0.4) is 0 Å². The van der Waals surface area contributed by atoms with E-state index in [1.807, 2.05) is 6.08 Å². The van der Waals surface area contributed by atoms with Crippen molar-refractivity contribution in [2.75, 3.05) is 27.4 Å². The molecule has 3 heteroatoms. The predicted octanol–water partition coefficient (Wildman–Crippen LogP) is 1.79. The van der Waals surface area contributed by atoms with E-state index in [4.69, 9.17) is 21.1 Å². The number of hydrogen-bond acceptors (Lipinski definition) is 2. The Bertz CT molecular complexity index is 102. The standard InChI is InChI=1S/C7H13ClO2/c1-9-5-3-7(8)4-6-10-2/h3H,4-6H2,1-2H3. The molecule has 0 rings (SSSR count). The van der Waals surface area contributed by atoms with Gasteiger partial charge in [0.25, 0.3) is 0 Å².